The monoisotopic (exact) mass is 155 g/mol. The van der Waals surface area contributed by atoms with E-state index in [4.69, 9.17) is 21.1 Å². The van der Waals surface area contributed by atoms with Crippen LogP contribution in [0.5, 0.6) is 0 Å². The number of hydrogen-bond donors (Lipinski definition) is 4. The Morgan fingerprint density at radius 3 is 1.82 bits per heavy atom. The third-order valence-corrected chi connectivity index (χ3v) is 1.30. The fourth-order valence-corrected chi connectivity index (χ4v) is 0.707. The summed E-state index contributed by atoms with van der Waals surface area (Å²) < 4.78 is 0. The van der Waals surface area contributed by atoms with Crippen molar-refractivity contribution in [3.63, 3.8) is 0 Å². The van der Waals surface area contributed by atoms with Gasteiger partial charge in [-0.3, -0.25) is 0 Å². The second-order valence-electron chi connectivity index (χ2n) is 2.26. The first-order valence-corrected chi connectivity index (χ1v) is 3.03. The Bertz CT molecular complexity index is 237. The highest BCUT2D eigenvalue weighted by atomic mass is 16.7. The van der Waals surface area contributed by atoms with E-state index in [9.17, 15) is 0 Å². The number of anilines is 1. The summed E-state index contributed by atoms with van der Waals surface area (Å²) in [4.78, 5) is 0. The minimum Gasteiger partial charge on any atom is -0.399 e. The molecule has 0 atom stereocenters. The van der Waals surface area contributed by atoms with Crippen LogP contribution < -0.4 is 5.73 Å². The summed E-state index contributed by atoms with van der Waals surface area (Å²) in [5.41, 5.74) is 5.82. The van der Waals surface area contributed by atoms with E-state index >= 15 is 0 Å². The second kappa shape index (κ2) is 2.50. The highest BCUT2D eigenvalue weighted by Crippen LogP contribution is 2.15. The Kier molecular flexibility index (Phi) is 1.82. The van der Waals surface area contributed by atoms with E-state index in [0.717, 1.165) is 0 Å². The standard InChI is InChI=1S/C7H9NO3/c8-6-3-1-5(2-4-6)7(9,10)11/h1-4,9-11H,8H2. The van der Waals surface area contributed by atoms with Gasteiger partial charge in [-0.2, -0.15) is 0 Å². The van der Waals surface area contributed by atoms with E-state index in [1.165, 1.54) is 24.3 Å². The lowest BCUT2D eigenvalue weighted by atomic mass is 10.2. The molecule has 11 heavy (non-hydrogen) atoms. The zero-order chi connectivity index (χ0) is 8.48. The van der Waals surface area contributed by atoms with Crippen molar-refractivity contribution in [1.29, 1.82) is 0 Å². The minimum absolute atomic E-state index is 0.00769. The lowest BCUT2D eigenvalue weighted by molar-refractivity contribution is -0.323. The van der Waals surface area contributed by atoms with E-state index in [1.54, 1.807) is 0 Å². The summed E-state index contributed by atoms with van der Waals surface area (Å²) in [6.07, 6.45) is 0. The van der Waals surface area contributed by atoms with Gasteiger partial charge in [0.25, 0.3) is 0 Å². The molecule has 4 heteroatoms. The Morgan fingerprint density at radius 2 is 1.45 bits per heavy atom. The van der Waals surface area contributed by atoms with E-state index in [1.807, 2.05) is 0 Å². The quantitative estimate of drug-likeness (QED) is 0.321. The van der Waals surface area contributed by atoms with Gasteiger partial charge in [-0.15, -0.1) is 0 Å². The number of benzene rings is 1. The SMILES string of the molecule is Nc1ccc(C(O)(O)O)cc1. The molecule has 1 aromatic rings. The Morgan fingerprint density at radius 1 is 1.00 bits per heavy atom. The van der Waals surface area contributed by atoms with Crippen molar-refractivity contribution in [2.75, 3.05) is 5.73 Å². The van der Waals surface area contributed by atoms with Gasteiger partial charge in [0.2, 0.25) is 0 Å². The molecule has 0 saturated heterocycles. The normalized spacial score (nSPS) is 11.5. The van der Waals surface area contributed by atoms with Crippen molar-refractivity contribution < 1.29 is 15.3 Å². The van der Waals surface area contributed by atoms with Crippen LogP contribution in [0.2, 0.25) is 0 Å². The number of nitrogen functional groups attached to an aromatic ring is 1. The molecule has 1 rings (SSSR count). The second-order valence-corrected chi connectivity index (χ2v) is 2.26. The summed E-state index contributed by atoms with van der Waals surface area (Å²) in [6, 6.07) is 5.59. The summed E-state index contributed by atoms with van der Waals surface area (Å²) in [5, 5.41) is 26.0. The molecule has 0 spiro atoms. The molecule has 0 bridgehead atoms. The van der Waals surface area contributed by atoms with Crippen molar-refractivity contribution in [2.45, 2.75) is 5.97 Å². The highest BCUT2D eigenvalue weighted by molar-refractivity contribution is 5.39. The van der Waals surface area contributed by atoms with Crippen LogP contribution in [0, 0.1) is 0 Å². The van der Waals surface area contributed by atoms with Crippen molar-refractivity contribution in [2.24, 2.45) is 0 Å². The summed E-state index contributed by atoms with van der Waals surface area (Å²) in [6.45, 7) is 0. The zero-order valence-electron chi connectivity index (χ0n) is 5.73. The van der Waals surface area contributed by atoms with Gasteiger partial charge in [-0.05, 0) is 24.3 Å². The predicted octanol–water partition coefficient (Wildman–Crippen LogP) is -0.644. The zero-order valence-corrected chi connectivity index (χ0v) is 5.73. The fraction of sp³-hybridized carbons (Fsp3) is 0.143. The summed E-state index contributed by atoms with van der Waals surface area (Å²) >= 11 is 0. The molecule has 0 radical (unpaired) electrons. The number of nitrogens with two attached hydrogens (primary N) is 1. The Balaban J connectivity index is 2.99. The lowest BCUT2D eigenvalue weighted by Crippen LogP contribution is -2.23. The first-order chi connectivity index (χ1) is 5.00. The van der Waals surface area contributed by atoms with E-state index < -0.39 is 5.97 Å². The lowest BCUT2D eigenvalue weighted by Gasteiger charge is -2.13. The summed E-state index contributed by atoms with van der Waals surface area (Å²) in [5.74, 6) is -2.77. The van der Waals surface area contributed by atoms with Crippen LogP contribution in [0.25, 0.3) is 0 Å². The third kappa shape index (κ3) is 1.91. The first-order valence-electron chi connectivity index (χ1n) is 3.03. The largest absolute Gasteiger partial charge is 0.399 e. The van der Waals surface area contributed by atoms with Crippen LogP contribution in [0.3, 0.4) is 0 Å². The van der Waals surface area contributed by atoms with Crippen molar-refractivity contribution in [3.05, 3.63) is 29.8 Å². The van der Waals surface area contributed by atoms with Crippen LogP contribution in [-0.2, 0) is 5.97 Å². The molecule has 0 unspecified atom stereocenters. The maximum Gasteiger partial charge on any atom is 0.304 e. The molecule has 0 heterocycles. The number of hydrogen-bond acceptors (Lipinski definition) is 4. The average Bonchev–Trinajstić information content (AvgIpc) is 1.86. The highest BCUT2D eigenvalue weighted by Gasteiger charge is 2.20. The molecule has 0 amide bonds. The van der Waals surface area contributed by atoms with Gasteiger partial charge in [-0.25, -0.2) is 0 Å². The maximum atomic E-state index is 8.65. The van der Waals surface area contributed by atoms with Crippen LogP contribution in [0.4, 0.5) is 5.69 Å². The van der Waals surface area contributed by atoms with Crippen LogP contribution in [0.15, 0.2) is 24.3 Å². The van der Waals surface area contributed by atoms with Gasteiger partial charge in [0.15, 0.2) is 0 Å². The van der Waals surface area contributed by atoms with Crippen molar-refractivity contribution in [1.82, 2.24) is 0 Å². The van der Waals surface area contributed by atoms with Gasteiger partial charge < -0.3 is 21.1 Å². The molecule has 0 aliphatic carbocycles. The molecule has 0 saturated carbocycles. The molecular weight excluding hydrogens is 146 g/mol. The predicted molar refractivity (Wildman–Crippen MR) is 39.2 cm³/mol. The molecule has 0 aliphatic rings. The van der Waals surface area contributed by atoms with E-state index in [2.05, 4.69) is 0 Å². The summed E-state index contributed by atoms with van der Waals surface area (Å²) in [7, 11) is 0. The topological polar surface area (TPSA) is 86.7 Å². The van der Waals surface area contributed by atoms with Gasteiger partial charge in [0, 0.05) is 11.3 Å². The van der Waals surface area contributed by atoms with Gasteiger partial charge in [0.05, 0.1) is 0 Å². The molecular formula is C7H9NO3. The van der Waals surface area contributed by atoms with Crippen LogP contribution in [-0.4, -0.2) is 15.3 Å². The van der Waals surface area contributed by atoms with Gasteiger partial charge in [-0.1, -0.05) is 0 Å². The Hall–Kier alpha value is -1.10. The van der Waals surface area contributed by atoms with Crippen molar-refractivity contribution in [3.8, 4) is 0 Å². The molecule has 5 N–H and O–H groups in total. The molecule has 1 aromatic carbocycles. The van der Waals surface area contributed by atoms with Crippen molar-refractivity contribution >= 4 is 5.69 Å². The molecule has 4 nitrogen and oxygen atoms in total. The molecule has 0 aromatic heterocycles. The average molecular weight is 155 g/mol. The van der Waals surface area contributed by atoms with Gasteiger partial charge >= 0.3 is 5.97 Å². The fourth-order valence-electron chi connectivity index (χ4n) is 0.707. The van der Waals surface area contributed by atoms with Gasteiger partial charge in [0.1, 0.15) is 0 Å². The van der Waals surface area contributed by atoms with Crippen LogP contribution >= 0.6 is 0 Å². The minimum atomic E-state index is -2.77. The van der Waals surface area contributed by atoms with E-state index in [0.29, 0.717) is 5.69 Å². The van der Waals surface area contributed by atoms with E-state index in [-0.39, 0.29) is 5.56 Å². The number of rotatable bonds is 1. The molecule has 0 fully saturated rings. The molecule has 0 aliphatic heterocycles. The van der Waals surface area contributed by atoms with Crippen LogP contribution in [0.1, 0.15) is 5.56 Å². The first kappa shape index (κ1) is 8.00. The Labute approximate surface area is 63.5 Å². The number of aliphatic hydroxyl groups is 3. The molecule has 60 valence electrons. The maximum absolute atomic E-state index is 8.65. The smallest absolute Gasteiger partial charge is 0.304 e. The third-order valence-electron chi connectivity index (χ3n) is 1.30.